The van der Waals surface area contributed by atoms with Crippen molar-refractivity contribution in [3.63, 3.8) is 0 Å². The second kappa shape index (κ2) is 14.6. The fourth-order valence-electron chi connectivity index (χ4n) is 7.49. The van der Waals surface area contributed by atoms with E-state index in [2.05, 4.69) is 106 Å². The van der Waals surface area contributed by atoms with Crippen molar-refractivity contribution >= 4 is 28.2 Å². The molecule has 3 heterocycles. The lowest BCUT2D eigenvalue weighted by Gasteiger charge is -2.37. The zero-order valence-electron chi connectivity index (χ0n) is 30.6. The number of aromatic nitrogens is 4. The first-order valence-corrected chi connectivity index (χ1v) is 18.5. The standard InChI is InChI=1S/C45H45N5O3/c1-45(2,3)53-44(51)48-28-26-33(27-29-48)41(50-40-21-13-11-19-38(40)47-43(50)34-16-8-5-9-17-34)31-52-36-24-22-35(23-25-36)42-46-37-18-10-12-20-39(37)49(42)30-32-14-6-4-7-15-32/h4-25,33,41H,26-31H2,1-3H3/t41-/m1/s1. The van der Waals surface area contributed by atoms with Gasteiger partial charge < -0.3 is 23.5 Å². The van der Waals surface area contributed by atoms with Gasteiger partial charge in [0.25, 0.3) is 0 Å². The molecule has 1 amide bonds. The van der Waals surface area contributed by atoms with Crippen LogP contribution in [-0.4, -0.2) is 55.4 Å². The second-order valence-electron chi connectivity index (χ2n) is 14.9. The second-order valence-corrected chi connectivity index (χ2v) is 14.9. The molecule has 1 saturated heterocycles. The Kier molecular flexibility index (Phi) is 9.44. The van der Waals surface area contributed by atoms with Crippen LogP contribution in [0.15, 0.2) is 133 Å². The number of rotatable bonds is 9. The van der Waals surface area contributed by atoms with E-state index in [1.165, 1.54) is 5.56 Å². The number of hydrogen-bond donors (Lipinski definition) is 0. The molecule has 1 aliphatic rings. The molecule has 0 N–H and O–H groups in total. The predicted octanol–water partition coefficient (Wildman–Crippen LogP) is 10.0. The molecule has 7 aromatic rings. The Balaban J connectivity index is 1.09. The lowest BCUT2D eigenvalue weighted by atomic mass is 9.89. The molecule has 1 aliphatic heterocycles. The summed E-state index contributed by atoms with van der Waals surface area (Å²) in [6, 6.07) is 45.8. The molecule has 0 aliphatic carbocycles. The SMILES string of the molecule is CC(C)(C)OC(=O)N1CCC([C@@H](COc2ccc(-c3nc4ccccc4n3Cc3ccccc3)cc2)n2c(-c3ccccc3)nc3ccccc32)CC1. The van der Waals surface area contributed by atoms with Gasteiger partial charge in [-0.3, -0.25) is 0 Å². The van der Waals surface area contributed by atoms with Crippen LogP contribution >= 0.6 is 0 Å². The van der Waals surface area contributed by atoms with Crippen molar-refractivity contribution in [2.24, 2.45) is 5.92 Å². The van der Waals surface area contributed by atoms with E-state index >= 15 is 0 Å². The number of carbonyl (C=O) groups excluding carboxylic acids is 1. The Morgan fingerprint density at radius 1 is 0.698 bits per heavy atom. The Morgan fingerprint density at radius 2 is 1.26 bits per heavy atom. The molecule has 268 valence electrons. The van der Waals surface area contributed by atoms with E-state index in [9.17, 15) is 4.79 Å². The van der Waals surface area contributed by atoms with E-state index in [1.807, 2.05) is 62.1 Å². The summed E-state index contributed by atoms with van der Waals surface area (Å²) in [6.45, 7) is 8.16. The summed E-state index contributed by atoms with van der Waals surface area (Å²) in [4.78, 5) is 25.0. The number of likely N-dealkylation sites (tertiary alicyclic amines) is 1. The Morgan fingerprint density at radius 3 is 1.94 bits per heavy atom. The van der Waals surface area contributed by atoms with Gasteiger partial charge in [-0.25, -0.2) is 14.8 Å². The number of imidazole rings is 2. The minimum atomic E-state index is -0.533. The summed E-state index contributed by atoms with van der Waals surface area (Å²) in [5.74, 6) is 2.88. The molecule has 8 nitrogen and oxygen atoms in total. The van der Waals surface area contributed by atoms with Gasteiger partial charge in [0, 0.05) is 30.8 Å². The normalized spacial score (nSPS) is 14.4. The maximum atomic E-state index is 13.0. The number of hydrogen-bond acceptors (Lipinski definition) is 5. The summed E-state index contributed by atoms with van der Waals surface area (Å²) in [6.07, 6.45) is 1.40. The molecule has 0 spiro atoms. The fourth-order valence-corrected chi connectivity index (χ4v) is 7.49. The van der Waals surface area contributed by atoms with E-state index < -0.39 is 5.60 Å². The van der Waals surface area contributed by atoms with Crippen molar-refractivity contribution in [2.45, 2.75) is 51.8 Å². The number of fused-ring (bicyclic) bond motifs is 2. The third-order valence-corrected chi connectivity index (χ3v) is 10.1. The van der Waals surface area contributed by atoms with Gasteiger partial charge in [0.15, 0.2) is 0 Å². The van der Waals surface area contributed by atoms with Crippen LogP contribution in [0, 0.1) is 5.92 Å². The van der Waals surface area contributed by atoms with E-state index in [0.29, 0.717) is 19.7 Å². The molecule has 1 atom stereocenters. The van der Waals surface area contributed by atoms with E-state index in [4.69, 9.17) is 19.4 Å². The molecular weight excluding hydrogens is 659 g/mol. The molecule has 0 bridgehead atoms. The fraction of sp³-hybridized carbons (Fsp3) is 0.267. The zero-order chi connectivity index (χ0) is 36.4. The van der Waals surface area contributed by atoms with Crippen LogP contribution in [-0.2, 0) is 11.3 Å². The van der Waals surface area contributed by atoms with Crippen LogP contribution in [0.1, 0.15) is 45.2 Å². The van der Waals surface area contributed by atoms with Gasteiger partial charge in [-0.1, -0.05) is 84.9 Å². The van der Waals surface area contributed by atoms with Crippen LogP contribution in [0.5, 0.6) is 5.75 Å². The lowest BCUT2D eigenvalue weighted by molar-refractivity contribution is 0.0151. The number of nitrogens with zero attached hydrogens (tertiary/aromatic N) is 5. The molecule has 5 aromatic carbocycles. The number of amides is 1. The van der Waals surface area contributed by atoms with Gasteiger partial charge in [0.05, 0.1) is 28.1 Å². The van der Waals surface area contributed by atoms with Crippen molar-refractivity contribution in [2.75, 3.05) is 19.7 Å². The van der Waals surface area contributed by atoms with Gasteiger partial charge in [-0.15, -0.1) is 0 Å². The Hall–Kier alpha value is -5.89. The van der Waals surface area contributed by atoms with Gasteiger partial charge in [0.2, 0.25) is 0 Å². The van der Waals surface area contributed by atoms with Crippen LogP contribution in [0.3, 0.4) is 0 Å². The van der Waals surface area contributed by atoms with Crippen molar-refractivity contribution < 1.29 is 14.3 Å². The molecule has 8 rings (SSSR count). The topological polar surface area (TPSA) is 74.4 Å². The number of benzene rings is 5. The first-order valence-electron chi connectivity index (χ1n) is 18.5. The molecule has 53 heavy (non-hydrogen) atoms. The summed E-state index contributed by atoms with van der Waals surface area (Å²) in [7, 11) is 0. The van der Waals surface area contributed by atoms with Crippen LogP contribution in [0.4, 0.5) is 4.79 Å². The lowest BCUT2D eigenvalue weighted by Crippen LogP contribution is -2.43. The average molecular weight is 704 g/mol. The third kappa shape index (κ3) is 7.40. The highest BCUT2D eigenvalue weighted by molar-refractivity contribution is 5.82. The summed E-state index contributed by atoms with van der Waals surface area (Å²) >= 11 is 0. The number of ether oxygens (including phenoxy) is 2. The molecule has 1 fully saturated rings. The highest BCUT2D eigenvalue weighted by atomic mass is 16.6. The minimum absolute atomic E-state index is 0.0341. The molecule has 0 saturated carbocycles. The number of para-hydroxylation sites is 4. The number of piperidine rings is 1. The Labute approximate surface area is 310 Å². The minimum Gasteiger partial charge on any atom is -0.491 e. The zero-order valence-corrected chi connectivity index (χ0v) is 30.6. The van der Waals surface area contributed by atoms with E-state index in [0.717, 1.165) is 70.0 Å². The van der Waals surface area contributed by atoms with Crippen molar-refractivity contribution in [3.05, 3.63) is 139 Å². The van der Waals surface area contributed by atoms with Gasteiger partial charge in [-0.2, -0.15) is 0 Å². The van der Waals surface area contributed by atoms with Crippen molar-refractivity contribution in [1.29, 1.82) is 0 Å². The molecule has 2 aromatic heterocycles. The predicted molar refractivity (Wildman–Crippen MR) is 211 cm³/mol. The van der Waals surface area contributed by atoms with Crippen LogP contribution < -0.4 is 4.74 Å². The van der Waals surface area contributed by atoms with E-state index in [1.54, 1.807) is 0 Å². The van der Waals surface area contributed by atoms with Crippen LogP contribution in [0.2, 0.25) is 0 Å². The smallest absolute Gasteiger partial charge is 0.410 e. The van der Waals surface area contributed by atoms with Gasteiger partial charge in [-0.05, 0) is 93.6 Å². The Bertz CT molecular complexity index is 2320. The molecule has 0 radical (unpaired) electrons. The van der Waals surface area contributed by atoms with Crippen molar-refractivity contribution in [1.82, 2.24) is 24.0 Å². The third-order valence-electron chi connectivity index (χ3n) is 10.1. The van der Waals surface area contributed by atoms with Gasteiger partial charge >= 0.3 is 6.09 Å². The highest BCUT2D eigenvalue weighted by Gasteiger charge is 2.34. The molecule has 8 heteroatoms. The quantitative estimate of drug-likeness (QED) is 0.150. The van der Waals surface area contributed by atoms with Gasteiger partial charge in [0.1, 0.15) is 29.6 Å². The maximum absolute atomic E-state index is 13.0. The maximum Gasteiger partial charge on any atom is 0.410 e. The highest BCUT2D eigenvalue weighted by Crippen LogP contribution is 2.37. The molecule has 0 unspecified atom stereocenters. The first kappa shape index (κ1) is 34.2. The molecular formula is C45H45N5O3. The largest absolute Gasteiger partial charge is 0.491 e. The van der Waals surface area contributed by atoms with Crippen molar-refractivity contribution in [3.8, 4) is 28.5 Å². The summed E-state index contributed by atoms with van der Waals surface area (Å²) < 4.78 is 17.1. The summed E-state index contributed by atoms with van der Waals surface area (Å²) in [5, 5.41) is 0. The number of carbonyl (C=O) groups is 1. The van der Waals surface area contributed by atoms with E-state index in [-0.39, 0.29) is 18.1 Å². The first-order chi connectivity index (χ1) is 25.8. The summed E-state index contributed by atoms with van der Waals surface area (Å²) in [5.41, 5.74) is 6.88. The monoisotopic (exact) mass is 703 g/mol. The van der Waals surface area contributed by atoms with Crippen LogP contribution in [0.25, 0.3) is 44.8 Å². The average Bonchev–Trinajstić information content (AvgIpc) is 3.74.